The molecule has 0 bridgehead atoms. The Hall–Kier alpha value is -0.800. The topological polar surface area (TPSA) is 38.7 Å². The number of fused-ring (bicyclic) bond motifs is 1. The molecular formula is C14H22O3. The molecule has 3 heteroatoms. The van der Waals surface area contributed by atoms with E-state index in [1.54, 1.807) is 0 Å². The van der Waals surface area contributed by atoms with Gasteiger partial charge in [0, 0.05) is 5.41 Å². The maximum Gasteiger partial charge on any atom is 0.172 e. The molecule has 3 nitrogen and oxygen atoms in total. The number of ether oxygens (including phenoxy) is 1. The van der Waals surface area contributed by atoms with Crippen molar-refractivity contribution >= 4 is 0 Å². The van der Waals surface area contributed by atoms with Gasteiger partial charge in [0.15, 0.2) is 5.60 Å². The number of hydrogen-bond donors (Lipinski definition) is 1. The van der Waals surface area contributed by atoms with Crippen LogP contribution in [0.15, 0.2) is 24.0 Å². The first-order valence-corrected chi connectivity index (χ1v) is 6.18. The van der Waals surface area contributed by atoms with Crippen LogP contribution in [0.25, 0.3) is 0 Å². The molecule has 0 spiro atoms. The fourth-order valence-electron chi connectivity index (χ4n) is 3.84. The zero-order valence-electron chi connectivity index (χ0n) is 11.2. The van der Waals surface area contributed by atoms with E-state index in [2.05, 4.69) is 20.4 Å². The minimum Gasteiger partial charge on any atom is -0.489 e. The number of allylic oxidation sites excluding steroid dienone is 1. The van der Waals surface area contributed by atoms with Crippen LogP contribution >= 0.6 is 0 Å². The van der Waals surface area contributed by atoms with E-state index in [-0.39, 0.29) is 5.41 Å². The van der Waals surface area contributed by atoms with Crippen LogP contribution in [0, 0.1) is 5.41 Å². The van der Waals surface area contributed by atoms with Crippen molar-refractivity contribution in [3.05, 3.63) is 24.0 Å². The molecule has 1 N–H and O–H groups in total. The monoisotopic (exact) mass is 238 g/mol. The Morgan fingerprint density at radius 3 is 2.59 bits per heavy atom. The average molecular weight is 238 g/mol. The highest BCUT2D eigenvalue weighted by atomic mass is 17.1. The van der Waals surface area contributed by atoms with Gasteiger partial charge in [0.25, 0.3) is 0 Å². The van der Waals surface area contributed by atoms with E-state index in [4.69, 9.17) is 9.62 Å². The van der Waals surface area contributed by atoms with Crippen LogP contribution in [0.3, 0.4) is 0 Å². The Morgan fingerprint density at radius 1 is 1.35 bits per heavy atom. The van der Waals surface area contributed by atoms with Gasteiger partial charge < -0.3 is 4.74 Å². The molecule has 17 heavy (non-hydrogen) atoms. The minimum atomic E-state index is -0.849. The zero-order valence-corrected chi connectivity index (χ0v) is 11.2. The molecule has 2 aliphatic rings. The van der Waals surface area contributed by atoms with Gasteiger partial charge in [0.05, 0.1) is 5.76 Å². The third-order valence-electron chi connectivity index (χ3n) is 4.51. The summed E-state index contributed by atoms with van der Waals surface area (Å²) in [5.74, 6) is 0.836. The molecule has 1 heterocycles. The van der Waals surface area contributed by atoms with E-state index in [1.165, 1.54) is 0 Å². The predicted molar refractivity (Wildman–Crippen MR) is 66.5 cm³/mol. The lowest BCUT2D eigenvalue weighted by atomic mass is 9.55. The van der Waals surface area contributed by atoms with Gasteiger partial charge in [-0.3, -0.25) is 5.26 Å². The molecular weight excluding hydrogens is 216 g/mol. The van der Waals surface area contributed by atoms with Crippen molar-refractivity contribution in [2.24, 2.45) is 5.41 Å². The first kappa shape index (κ1) is 12.7. The van der Waals surface area contributed by atoms with Crippen molar-refractivity contribution in [1.82, 2.24) is 0 Å². The molecule has 2 rings (SSSR count). The standard InChI is InChI=1S/C14H22O3/c1-10-9-11(2)16-13(5)8-6-7-12(3,4)14(10,13)17-15/h9,15H,1,6-8H2,2-5H3. The number of rotatable bonds is 1. The Labute approximate surface area is 103 Å². The van der Waals surface area contributed by atoms with Crippen molar-refractivity contribution in [2.45, 2.75) is 58.2 Å². The van der Waals surface area contributed by atoms with E-state index in [0.29, 0.717) is 0 Å². The van der Waals surface area contributed by atoms with Gasteiger partial charge in [-0.25, -0.2) is 4.89 Å². The van der Waals surface area contributed by atoms with Crippen LogP contribution in [0.4, 0.5) is 0 Å². The van der Waals surface area contributed by atoms with Gasteiger partial charge in [-0.05, 0) is 44.8 Å². The first-order chi connectivity index (χ1) is 7.79. The second kappa shape index (κ2) is 3.59. The van der Waals surface area contributed by atoms with E-state index >= 15 is 0 Å². The van der Waals surface area contributed by atoms with Crippen LogP contribution in [0.1, 0.15) is 47.0 Å². The lowest BCUT2D eigenvalue weighted by Crippen LogP contribution is -2.67. The first-order valence-electron chi connectivity index (χ1n) is 6.18. The predicted octanol–water partition coefficient (Wildman–Crippen LogP) is 3.67. The molecule has 0 aromatic rings. The van der Waals surface area contributed by atoms with Gasteiger partial charge >= 0.3 is 0 Å². The van der Waals surface area contributed by atoms with Crippen LogP contribution < -0.4 is 0 Å². The highest BCUT2D eigenvalue weighted by Gasteiger charge is 2.65. The molecule has 2 atom stereocenters. The summed E-state index contributed by atoms with van der Waals surface area (Å²) in [7, 11) is 0. The van der Waals surface area contributed by atoms with E-state index in [9.17, 15) is 5.26 Å². The highest BCUT2D eigenvalue weighted by Crippen LogP contribution is 2.58. The summed E-state index contributed by atoms with van der Waals surface area (Å²) >= 11 is 0. The Kier molecular flexibility index (Phi) is 2.68. The molecule has 2 unspecified atom stereocenters. The van der Waals surface area contributed by atoms with Gasteiger partial charge in [-0.15, -0.1) is 0 Å². The molecule has 1 saturated carbocycles. The Bertz CT molecular complexity index is 383. The smallest absolute Gasteiger partial charge is 0.172 e. The lowest BCUT2D eigenvalue weighted by molar-refractivity contribution is -0.388. The van der Waals surface area contributed by atoms with Crippen molar-refractivity contribution in [2.75, 3.05) is 0 Å². The SMILES string of the molecule is C=C1C=C(C)OC2(C)CCCC(C)(C)C12OO. The van der Waals surface area contributed by atoms with Crippen molar-refractivity contribution in [3.63, 3.8) is 0 Å². The Balaban J connectivity index is 2.62. The van der Waals surface area contributed by atoms with Crippen LogP contribution in [-0.2, 0) is 9.62 Å². The summed E-state index contributed by atoms with van der Waals surface area (Å²) in [5, 5.41) is 9.56. The zero-order chi connectivity index (χ0) is 12.9. The molecule has 96 valence electrons. The van der Waals surface area contributed by atoms with E-state index in [0.717, 1.165) is 30.6 Å². The quantitative estimate of drug-likeness (QED) is 0.559. The third-order valence-corrected chi connectivity index (χ3v) is 4.51. The van der Waals surface area contributed by atoms with Gasteiger partial charge in [0.2, 0.25) is 0 Å². The summed E-state index contributed by atoms with van der Waals surface area (Å²) in [6.45, 7) is 12.2. The average Bonchev–Trinajstić information content (AvgIpc) is 2.14. The minimum absolute atomic E-state index is 0.205. The van der Waals surface area contributed by atoms with Gasteiger partial charge in [0.1, 0.15) is 5.60 Å². The van der Waals surface area contributed by atoms with Crippen LogP contribution in [0.5, 0.6) is 0 Å². The summed E-state index contributed by atoms with van der Waals surface area (Å²) in [5.41, 5.74) is -0.795. The molecule has 0 aromatic heterocycles. The van der Waals surface area contributed by atoms with Crippen molar-refractivity contribution in [3.8, 4) is 0 Å². The Morgan fingerprint density at radius 2 is 2.00 bits per heavy atom. The van der Waals surface area contributed by atoms with Gasteiger partial charge in [-0.2, -0.15) is 0 Å². The second-order valence-corrected chi connectivity index (χ2v) is 6.12. The van der Waals surface area contributed by atoms with Crippen LogP contribution in [0.2, 0.25) is 0 Å². The highest BCUT2D eigenvalue weighted by molar-refractivity contribution is 5.39. The summed E-state index contributed by atoms with van der Waals surface area (Å²) in [6, 6.07) is 0. The van der Waals surface area contributed by atoms with E-state index < -0.39 is 11.2 Å². The summed E-state index contributed by atoms with van der Waals surface area (Å²) in [6.07, 6.45) is 4.78. The van der Waals surface area contributed by atoms with Gasteiger partial charge in [-0.1, -0.05) is 20.4 Å². The van der Waals surface area contributed by atoms with Crippen molar-refractivity contribution in [1.29, 1.82) is 0 Å². The summed E-state index contributed by atoms with van der Waals surface area (Å²) < 4.78 is 5.99. The lowest BCUT2D eigenvalue weighted by Gasteiger charge is -2.59. The molecule has 0 aromatic carbocycles. The molecule has 1 aliphatic heterocycles. The maximum absolute atomic E-state index is 9.56. The molecule has 0 saturated heterocycles. The fraction of sp³-hybridized carbons (Fsp3) is 0.714. The second-order valence-electron chi connectivity index (χ2n) is 6.12. The molecule has 1 aliphatic carbocycles. The molecule has 0 radical (unpaired) electrons. The van der Waals surface area contributed by atoms with Crippen molar-refractivity contribution < 1.29 is 14.9 Å². The van der Waals surface area contributed by atoms with E-state index in [1.807, 2.05) is 19.9 Å². The number of hydrogen-bond acceptors (Lipinski definition) is 3. The molecule has 0 amide bonds. The third kappa shape index (κ3) is 1.42. The molecule has 1 fully saturated rings. The summed E-state index contributed by atoms with van der Waals surface area (Å²) in [4.78, 5) is 4.99. The maximum atomic E-state index is 9.56. The normalized spacial score (nSPS) is 40.3. The largest absolute Gasteiger partial charge is 0.489 e. The fourth-order valence-corrected chi connectivity index (χ4v) is 3.84. The van der Waals surface area contributed by atoms with Crippen LogP contribution in [-0.4, -0.2) is 16.5 Å².